The number of aliphatic hydroxyl groups is 9. The Morgan fingerprint density at radius 2 is 1.13 bits per heavy atom. The smallest absolute Gasteiger partial charge is 0.187 e. The van der Waals surface area contributed by atoms with Crippen LogP contribution in [0.15, 0.2) is 0 Å². The monoisotopic (exact) mass is 458 g/mol. The Hall–Kier alpha value is -0.560. The second-order valence-electron chi connectivity index (χ2n) is 7.83. The summed E-state index contributed by atoms with van der Waals surface area (Å²) in [6.45, 7) is 0.0625. The molecule has 0 aromatic carbocycles. The van der Waals surface area contributed by atoms with E-state index in [0.29, 0.717) is 0 Å². The molecule has 3 saturated heterocycles. The molecule has 0 aromatic rings. The third-order valence-corrected chi connectivity index (χ3v) is 5.70. The molecule has 182 valence electrons. The highest BCUT2D eigenvalue weighted by Crippen LogP contribution is 2.32. The molecule has 31 heavy (non-hydrogen) atoms. The van der Waals surface area contributed by atoms with Gasteiger partial charge in [0.05, 0.1) is 19.3 Å². The maximum absolute atomic E-state index is 10.4. The fourth-order valence-electron chi connectivity index (χ4n) is 3.79. The maximum Gasteiger partial charge on any atom is 0.187 e. The van der Waals surface area contributed by atoms with Crippen LogP contribution >= 0.6 is 0 Å². The molecule has 0 radical (unpaired) electrons. The molecule has 3 fully saturated rings. The van der Waals surface area contributed by atoms with E-state index in [4.69, 9.17) is 23.7 Å². The third-order valence-electron chi connectivity index (χ3n) is 5.70. The van der Waals surface area contributed by atoms with Crippen molar-refractivity contribution in [1.82, 2.24) is 0 Å². The Balaban J connectivity index is 1.80. The van der Waals surface area contributed by atoms with Crippen LogP contribution < -0.4 is 0 Å². The molecular weight excluding hydrogens is 428 g/mol. The summed E-state index contributed by atoms with van der Waals surface area (Å²) in [5.41, 5.74) is 0. The largest absolute Gasteiger partial charge is 0.394 e. The van der Waals surface area contributed by atoms with Gasteiger partial charge in [0, 0.05) is 0 Å². The van der Waals surface area contributed by atoms with Crippen LogP contribution in [0.3, 0.4) is 0 Å². The average Bonchev–Trinajstić information content (AvgIpc) is 3.02. The minimum absolute atomic E-state index is 0.629. The van der Waals surface area contributed by atoms with Gasteiger partial charge in [-0.1, -0.05) is 0 Å². The number of aliphatic hydroxyl groups excluding tert-OH is 9. The molecule has 3 aliphatic heterocycles. The highest BCUT2D eigenvalue weighted by Gasteiger charge is 2.53. The van der Waals surface area contributed by atoms with Crippen LogP contribution in [0, 0.1) is 0 Å². The predicted octanol–water partition coefficient (Wildman–Crippen LogP) is -5.91. The molecule has 3 aliphatic rings. The van der Waals surface area contributed by atoms with E-state index in [9.17, 15) is 46.0 Å². The lowest BCUT2D eigenvalue weighted by Crippen LogP contribution is -2.65. The SMILES string of the molecule is C[C@@H]1O[C@@H](O[C@H]2[C@H](O[C@@H]3O[C@@H](CO)[C@H](O)[C@H]3O)[C@@H](O)C(O)O[C@@H]2CO)[C@H](O)[C@H](O)[C@H]1O. The zero-order valence-corrected chi connectivity index (χ0v) is 16.6. The lowest BCUT2D eigenvalue weighted by atomic mass is 9.97. The lowest BCUT2D eigenvalue weighted by molar-refractivity contribution is -0.367. The van der Waals surface area contributed by atoms with E-state index in [2.05, 4.69) is 0 Å². The van der Waals surface area contributed by atoms with Gasteiger partial charge >= 0.3 is 0 Å². The first-order chi connectivity index (χ1) is 14.6. The fourth-order valence-corrected chi connectivity index (χ4v) is 3.79. The topological polar surface area (TPSA) is 228 Å². The fraction of sp³-hybridized carbons (Fsp3) is 1.00. The molecule has 14 nitrogen and oxygen atoms in total. The molecule has 0 amide bonds. The van der Waals surface area contributed by atoms with Crippen molar-refractivity contribution in [2.75, 3.05) is 13.2 Å². The van der Waals surface area contributed by atoms with Crippen LogP contribution in [0.5, 0.6) is 0 Å². The van der Waals surface area contributed by atoms with Crippen LogP contribution in [-0.2, 0) is 23.7 Å². The molecule has 9 N–H and O–H groups in total. The van der Waals surface area contributed by atoms with Gasteiger partial charge in [0.2, 0.25) is 0 Å². The number of hydrogen-bond acceptors (Lipinski definition) is 14. The van der Waals surface area contributed by atoms with Crippen molar-refractivity contribution < 1.29 is 69.6 Å². The molecule has 3 rings (SSSR count). The van der Waals surface area contributed by atoms with E-state index in [-0.39, 0.29) is 0 Å². The van der Waals surface area contributed by atoms with Gasteiger partial charge in [-0.05, 0) is 6.92 Å². The van der Waals surface area contributed by atoms with Gasteiger partial charge in [0.25, 0.3) is 0 Å². The van der Waals surface area contributed by atoms with Gasteiger partial charge in [0.1, 0.15) is 61.0 Å². The van der Waals surface area contributed by atoms with Crippen molar-refractivity contribution in [3.05, 3.63) is 0 Å². The highest BCUT2D eigenvalue weighted by atomic mass is 16.8. The van der Waals surface area contributed by atoms with Crippen molar-refractivity contribution in [3.63, 3.8) is 0 Å². The normalized spacial score (nSPS) is 53.6. The summed E-state index contributed by atoms with van der Waals surface area (Å²) >= 11 is 0. The first kappa shape index (κ1) is 25.1. The zero-order valence-electron chi connectivity index (χ0n) is 16.6. The molecule has 1 unspecified atom stereocenters. The number of rotatable bonds is 6. The molecule has 14 heteroatoms. The summed E-state index contributed by atoms with van der Waals surface area (Å²) in [6, 6.07) is 0. The molecule has 0 aliphatic carbocycles. The molecule has 0 saturated carbocycles. The van der Waals surface area contributed by atoms with Crippen molar-refractivity contribution in [2.45, 2.75) is 92.9 Å². The van der Waals surface area contributed by atoms with Crippen molar-refractivity contribution in [1.29, 1.82) is 0 Å². The lowest BCUT2D eigenvalue weighted by Gasteiger charge is -2.46. The number of ether oxygens (including phenoxy) is 5. The average molecular weight is 458 g/mol. The first-order valence-corrected chi connectivity index (χ1v) is 9.86. The van der Waals surface area contributed by atoms with E-state index in [0.717, 1.165) is 0 Å². The minimum Gasteiger partial charge on any atom is -0.394 e. The first-order valence-electron chi connectivity index (χ1n) is 9.86. The van der Waals surface area contributed by atoms with E-state index < -0.39 is 99.2 Å². The van der Waals surface area contributed by atoms with Crippen LogP contribution in [0.25, 0.3) is 0 Å². The summed E-state index contributed by atoms with van der Waals surface area (Å²) in [4.78, 5) is 0. The second kappa shape index (κ2) is 10.1. The summed E-state index contributed by atoms with van der Waals surface area (Å²) in [7, 11) is 0. The van der Waals surface area contributed by atoms with Crippen LogP contribution in [0.1, 0.15) is 6.92 Å². The van der Waals surface area contributed by atoms with Gasteiger partial charge in [-0.3, -0.25) is 0 Å². The molecule has 0 aromatic heterocycles. The van der Waals surface area contributed by atoms with Gasteiger partial charge in [-0.15, -0.1) is 0 Å². The number of hydrogen-bond donors (Lipinski definition) is 9. The molecule has 0 bridgehead atoms. The van der Waals surface area contributed by atoms with E-state index >= 15 is 0 Å². The Bertz CT molecular complexity index is 581. The quantitative estimate of drug-likeness (QED) is 0.181. The van der Waals surface area contributed by atoms with Gasteiger partial charge in [0.15, 0.2) is 18.9 Å². The summed E-state index contributed by atoms with van der Waals surface area (Å²) < 4.78 is 26.8. The maximum atomic E-state index is 10.4. The van der Waals surface area contributed by atoms with E-state index in [1.54, 1.807) is 0 Å². The minimum atomic E-state index is -1.83. The van der Waals surface area contributed by atoms with Gasteiger partial charge < -0.3 is 69.6 Å². The standard InChI is InChI=1S/C17H30O14/c1-4-7(20)9(22)11(24)16(27-4)30-13-6(3-19)28-15(26)12(25)14(13)31-17-10(23)8(21)5(2-18)29-17/h4-26H,2-3H2,1H3/t4-,5-,6+,7-,8-,9+,10+,11+,12+,13+,14+,15?,16-,17-/m0/s1. The predicted molar refractivity (Wildman–Crippen MR) is 93.8 cm³/mol. The summed E-state index contributed by atoms with van der Waals surface area (Å²) in [5.74, 6) is 0. The van der Waals surface area contributed by atoms with Crippen molar-refractivity contribution >= 4 is 0 Å². The molecule has 3 heterocycles. The Morgan fingerprint density at radius 3 is 1.71 bits per heavy atom. The van der Waals surface area contributed by atoms with Crippen molar-refractivity contribution in [3.8, 4) is 0 Å². The zero-order chi connectivity index (χ0) is 23.0. The third kappa shape index (κ3) is 4.87. The molecule has 0 spiro atoms. The summed E-state index contributed by atoms with van der Waals surface area (Å²) in [5, 5.41) is 89.2. The van der Waals surface area contributed by atoms with Gasteiger partial charge in [-0.2, -0.15) is 0 Å². The Morgan fingerprint density at radius 1 is 0.581 bits per heavy atom. The Labute approximate surface area is 176 Å². The van der Waals surface area contributed by atoms with Gasteiger partial charge in [-0.25, -0.2) is 0 Å². The molecule has 14 atom stereocenters. The second-order valence-corrected chi connectivity index (χ2v) is 7.83. The van der Waals surface area contributed by atoms with Crippen LogP contribution in [0.4, 0.5) is 0 Å². The van der Waals surface area contributed by atoms with Crippen molar-refractivity contribution in [2.24, 2.45) is 0 Å². The van der Waals surface area contributed by atoms with E-state index in [1.165, 1.54) is 6.92 Å². The Kier molecular flexibility index (Phi) is 8.21. The van der Waals surface area contributed by atoms with E-state index in [1.807, 2.05) is 0 Å². The van der Waals surface area contributed by atoms with Crippen LogP contribution in [-0.4, -0.2) is 145 Å². The molecular formula is C17H30O14. The summed E-state index contributed by atoms with van der Waals surface area (Å²) in [6.07, 6.45) is -21.0. The van der Waals surface area contributed by atoms with Crippen LogP contribution in [0.2, 0.25) is 0 Å². The highest BCUT2D eigenvalue weighted by molar-refractivity contribution is 4.95.